The van der Waals surface area contributed by atoms with E-state index in [-0.39, 0.29) is 36.4 Å². The number of aliphatic hydroxyl groups excluding tert-OH is 1. The van der Waals surface area contributed by atoms with Gasteiger partial charge in [0.2, 0.25) is 0 Å². The third-order valence-electron chi connectivity index (χ3n) is 18.9. The molecule has 9 aromatic heterocycles. The summed E-state index contributed by atoms with van der Waals surface area (Å²) in [6.45, 7) is 1.31. The number of nitrogens with two attached hydrogens (primary N) is 1. The minimum Gasteiger partial charge on any atom is -0.395 e. The van der Waals surface area contributed by atoms with Crippen molar-refractivity contribution in [3.8, 4) is 101 Å². The van der Waals surface area contributed by atoms with Gasteiger partial charge in [0.1, 0.15) is 34.0 Å². The minimum absolute atomic E-state index is 0.0698. The van der Waals surface area contributed by atoms with Gasteiger partial charge in [0, 0.05) is 96.2 Å². The van der Waals surface area contributed by atoms with E-state index in [1.807, 2.05) is 299 Å². The number of benzene rings is 9. The Balaban J connectivity index is 0.000000125. The van der Waals surface area contributed by atoms with Crippen molar-refractivity contribution in [2.75, 3.05) is 26.0 Å². The second-order valence-electron chi connectivity index (χ2n) is 26.0. The molecular formula is C88H69N13O7S. The van der Waals surface area contributed by atoms with Crippen molar-refractivity contribution in [2.24, 2.45) is 5.73 Å². The summed E-state index contributed by atoms with van der Waals surface area (Å²) < 4.78 is 38.8. The molecular weight excluding hydrogens is 1380 g/mol. The number of hydrogen-bond donors (Lipinski definition) is 2. The first-order valence-electron chi connectivity index (χ1n) is 35.4. The summed E-state index contributed by atoms with van der Waals surface area (Å²) >= 11 is 0. The highest BCUT2D eigenvalue weighted by Crippen LogP contribution is 2.40. The van der Waals surface area contributed by atoms with Gasteiger partial charge in [-0.1, -0.05) is 218 Å². The molecule has 0 unspecified atom stereocenters. The van der Waals surface area contributed by atoms with Crippen molar-refractivity contribution in [3.05, 3.63) is 341 Å². The van der Waals surface area contributed by atoms with E-state index in [1.54, 1.807) is 24.8 Å². The number of fused-ring (bicyclic) bond motifs is 6. The predicted octanol–water partition coefficient (Wildman–Crippen LogP) is 15.1. The van der Waals surface area contributed by atoms with E-state index in [0.29, 0.717) is 58.9 Å². The minimum atomic E-state index is -3.65. The third kappa shape index (κ3) is 14.0. The Morgan fingerprint density at radius 1 is 0.358 bits per heavy atom. The van der Waals surface area contributed by atoms with Gasteiger partial charge in [0.05, 0.1) is 69.4 Å². The van der Waals surface area contributed by atoms with Crippen LogP contribution in [0.2, 0.25) is 0 Å². The molecule has 0 amide bonds. The van der Waals surface area contributed by atoms with Crippen LogP contribution in [0.3, 0.4) is 0 Å². The number of aromatic nitrogens is 12. The highest BCUT2D eigenvalue weighted by atomic mass is 32.2. The molecule has 20 nitrogen and oxygen atoms in total. The molecule has 0 radical (unpaired) electrons. The Labute approximate surface area is 624 Å². The fourth-order valence-corrected chi connectivity index (χ4v) is 14.4. The van der Waals surface area contributed by atoms with Crippen LogP contribution in [0, 0.1) is 0 Å². The topological polar surface area (TPSA) is 246 Å². The van der Waals surface area contributed by atoms with Crippen LogP contribution in [-0.4, -0.2) is 97.0 Å². The largest absolute Gasteiger partial charge is 0.395 e. The molecule has 21 heteroatoms. The van der Waals surface area contributed by atoms with Crippen LogP contribution in [0.15, 0.2) is 325 Å². The second kappa shape index (κ2) is 30.4. The fourth-order valence-electron chi connectivity index (χ4n) is 14.0. The molecule has 0 aliphatic rings. The Hall–Kier alpha value is -13.7. The molecule has 534 valence electrons. The maximum atomic E-state index is 14.0. The molecule has 18 aromatic rings. The summed E-state index contributed by atoms with van der Waals surface area (Å²) in [6.07, 6.45) is 11.8. The first kappa shape index (κ1) is 69.7. The highest BCUT2D eigenvalue weighted by Gasteiger charge is 2.27. The summed E-state index contributed by atoms with van der Waals surface area (Å²) in [4.78, 5) is 54.9. The van der Waals surface area contributed by atoms with Crippen molar-refractivity contribution >= 4 is 59.8 Å². The van der Waals surface area contributed by atoms with E-state index in [4.69, 9.17) is 25.2 Å². The van der Waals surface area contributed by atoms with Crippen LogP contribution in [0.5, 0.6) is 0 Å². The van der Waals surface area contributed by atoms with Gasteiger partial charge >= 0.3 is 0 Å². The van der Waals surface area contributed by atoms with Crippen LogP contribution < -0.4 is 22.4 Å². The van der Waals surface area contributed by atoms with Crippen molar-refractivity contribution in [1.29, 1.82) is 0 Å². The quantitative estimate of drug-likeness (QED) is 0.0805. The van der Waals surface area contributed by atoms with Crippen LogP contribution in [0.1, 0.15) is 0 Å². The molecule has 109 heavy (non-hydrogen) atoms. The Bertz CT molecular complexity index is 6450. The zero-order chi connectivity index (χ0) is 74.5. The number of hydrogen-bond acceptors (Lipinski definition) is 14. The van der Waals surface area contributed by atoms with Crippen molar-refractivity contribution in [3.63, 3.8) is 0 Å². The van der Waals surface area contributed by atoms with Crippen molar-refractivity contribution in [1.82, 2.24) is 57.5 Å². The van der Waals surface area contributed by atoms with Gasteiger partial charge in [-0.25, -0.2) is 0 Å². The van der Waals surface area contributed by atoms with E-state index in [1.165, 1.54) is 13.5 Å². The molecule has 0 fully saturated rings. The summed E-state index contributed by atoms with van der Waals surface area (Å²) in [5.41, 5.74) is 23.9. The third-order valence-corrected chi connectivity index (χ3v) is 19.5. The van der Waals surface area contributed by atoms with Crippen molar-refractivity contribution in [2.45, 2.75) is 19.6 Å². The average molecular weight is 1450 g/mol. The lowest BCUT2D eigenvalue weighted by atomic mass is 10.0. The Morgan fingerprint density at radius 2 is 0.651 bits per heavy atom. The Kier molecular flexibility index (Phi) is 19.4. The monoisotopic (exact) mass is 1450 g/mol. The van der Waals surface area contributed by atoms with Gasteiger partial charge in [-0.15, -0.1) is 0 Å². The highest BCUT2D eigenvalue weighted by molar-refractivity contribution is 7.86. The maximum absolute atomic E-state index is 14.0. The lowest BCUT2D eigenvalue weighted by Crippen LogP contribution is -2.22. The predicted molar refractivity (Wildman–Crippen MR) is 430 cm³/mol. The molecule has 3 N–H and O–H groups in total. The van der Waals surface area contributed by atoms with Gasteiger partial charge in [0.25, 0.3) is 26.8 Å². The number of aliphatic hydroxyl groups is 1. The SMILES string of the molecule is CS(=O)(=O)OCCn1cc(-c2ccc3ncccc3c2)c(=O)n2nc(-c3ccccc3)c(-c3ccccc3)c12.NCCn1cc(-c2ccc3ncccc3c2)c(=O)n2nc(-c3ccccc3)c(-c3ccccc3)c12.O=c1c(-c2ccc3ncccc3c2)cn(CCO)c2c(-c3ccccc3)c(-c3ccccc3)nn12. The second-order valence-corrected chi connectivity index (χ2v) is 27.6. The van der Waals surface area contributed by atoms with E-state index in [0.717, 1.165) is 117 Å². The van der Waals surface area contributed by atoms with Crippen molar-refractivity contribution < 1.29 is 17.7 Å². The number of pyridine rings is 3. The van der Waals surface area contributed by atoms with Gasteiger partial charge in [0.15, 0.2) is 0 Å². The summed E-state index contributed by atoms with van der Waals surface area (Å²) in [6, 6.07) is 88.1. The van der Waals surface area contributed by atoms with Crippen LogP contribution in [0.4, 0.5) is 0 Å². The molecule has 0 aliphatic carbocycles. The van der Waals surface area contributed by atoms with E-state index < -0.39 is 10.1 Å². The lowest BCUT2D eigenvalue weighted by Gasteiger charge is -2.14. The zero-order valence-corrected chi connectivity index (χ0v) is 59.8. The summed E-state index contributed by atoms with van der Waals surface area (Å²) in [7, 11) is -3.65. The maximum Gasteiger partial charge on any atom is 0.282 e. The molecule has 9 heterocycles. The van der Waals surface area contributed by atoms with Gasteiger partial charge in [-0.2, -0.15) is 37.3 Å². The molecule has 0 aliphatic heterocycles. The van der Waals surface area contributed by atoms with Gasteiger partial charge in [-0.3, -0.25) is 33.5 Å². The molecule has 0 bridgehead atoms. The molecule has 0 saturated heterocycles. The molecule has 18 rings (SSSR count). The number of rotatable bonds is 17. The van der Waals surface area contributed by atoms with Crippen LogP contribution in [-0.2, 0) is 33.9 Å². The van der Waals surface area contributed by atoms with Gasteiger partial charge in [-0.05, 0) is 88.0 Å². The van der Waals surface area contributed by atoms with Crippen LogP contribution in [0.25, 0.3) is 150 Å². The number of nitrogens with zero attached hydrogens (tertiary/aromatic N) is 12. The van der Waals surface area contributed by atoms with E-state index in [2.05, 4.69) is 15.0 Å². The fraction of sp³-hybridized carbons (Fsp3) is 0.0795. The molecule has 0 spiro atoms. The lowest BCUT2D eigenvalue weighted by molar-refractivity contribution is 0.277. The smallest absolute Gasteiger partial charge is 0.282 e. The average Bonchev–Trinajstić information content (AvgIpc) is 1.61. The van der Waals surface area contributed by atoms with E-state index >= 15 is 0 Å². The standard InChI is InChI=1S/C30H24N4O4S.C29H23N5O.C29H22N4O2/c1-39(36,37)38-18-17-33-20-25(23-14-15-26-24(19-23)13-8-16-31-26)30(35)34-29(33)27(21-9-4-2-5-10-21)28(32-34)22-11-6-3-7-12-22;30-15-17-33-19-24(22-13-14-25-23(18-22)12-7-16-31-25)29(35)34-28(33)26(20-8-3-1-4-9-20)27(32-34)21-10-5-2-6-11-21;34-17-16-32-19-24(22-13-14-25-23(18-22)12-7-15-30-25)29(35)33-28(32)26(20-8-3-1-4-9-20)27(31-33)21-10-5-2-6-11-21/h2-16,19-20H,17-18H2,1H3;1-14,16,18-19H,15,17,30H2;1-15,18-19,34H,16-17H2. The summed E-state index contributed by atoms with van der Waals surface area (Å²) in [5, 5.41) is 27.3. The van der Waals surface area contributed by atoms with Crippen LogP contribution >= 0.6 is 0 Å². The normalized spacial score (nSPS) is 11.5. The summed E-state index contributed by atoms with van der Waals surface area (Å²) in [5.74, 6) is 0. The van der Waals surface area contributed by atoms with Gasteiger partial charge < -0.3 is 24.5 Å². The molecule has 9 aromatic carbocycles. The Morgan fingerprint density at radius 3 is 0.945 bits per heavy atom. The first-order chi connectivity index (χ1) is 53.4. The first-order valence-corrected chi connectivity index (χ1v) is 37.2. The zero-order valence-electron chi connectivity index (χ0n) is 58.9. The van der Waals surface area contributed by atoms with E-state index in [9.17, 15) is 27.9 Å². The molecule has 0 atom stereocenters. The molecule has 0 saturated carbocycles.